The van der Waals surface area contributed by atoms with Crippen molar-refractivity contribution in [2.75, 3.05) is 44.8 Å². The van der Waals surface area contributed by atoms with Crippen molar-refractivity contribution < 1.29 is 9.90 Å². The van der Waals surface area contributed by atoms with E-state index in [4.69, 9.17) is 10.9 Å². The summed E-state index contributed by atoms with van der Waals surface area (Å²) in [5, 5.41) is 8.88. The smallest absolute Gasteiger partial charge is 0.254 e. The molecule has 4 N–H and O–H groups in total. The van der Waals surface area contributed by atoms with Crippen LogP contribution in [0.3, 0.4) is 0 Å². The second-order valence-electron chi connectivity index (χ2n) is 4.43. The molecule has 7 nitrogen and oxygen atoms in total. The zero-order chi connectivity index (χ0) is 13.7. The predicted octanol–water partition coefficient (Wildman–Crippen LogP) is -0.883. The Balaban J connectivity index is 1.97. The van der Waals surface area contributed by atoms with E-state index in [2.05, 4.69) is 15.3 Å². The molecule has 0 atom stereocenters. The molecule has 2 heterocycles. The highest BCUT2D eigenvalue weighted by Crippen LogP contribution is 2.11. The van der Waals surface area contributed by atoms with Crippen molar-refractivity contribution in [3.63, 3.8) is 0 Å². The molecule has 0 unspecified atom stereocenters. The Hall–Kier alpha value is -1.70. The van der Waals surface area contributed by atoms with Gasteiger partial charge in [0.1, 0.15) is 5.82 Å². The molecule has 1 aliphatic heterocycles. The summed E-state index contributed by atoms with van der Waals surface area (Å²) in [5.74, 6) is 5.75. The zero-order valence-electron chi connectivity index (χ0n) is 10.7. The molecular formula is C12H19N5O2. The summed E-state index contributed by atoms with van der Waals surface area (Å²) in [6.45, 7) is 3.75. The molecule has 0 radical (unpaired) electrons. The molecule has 0 bridgehead atoms. The van der Waals surface area contributed by atoms with Gasteiger partial charge in [-0.05, 0) is 12.1 Å². The lowest BCUT2D eigenvalue weighted by Gasteiger charge is -2.34. The van der Waals surface area contributed by atoms with E-state index in [1.165, 1.54) is 0 Å². The van der Waals surface area contributed by atoms with Crippen LogP contribution in [0.25, 0.3) is 0 Å². The number of amides is 1. The maximum absolute atomic E-state index is 12.3. The third-order valence-corrected chi connectivity index (χ3v) is 3.23. The van der Waals surface area contributed by atoms with Crippen molar-refractivity contribution in [1.82, 2.24) is 14.8 Å². The molecule has 1 saturated heterocycles. The van der Waals surface area contributed by atoms with Gasteiger partial charge in [-0.1, -0.05) is 0 Å². The van der Waals surface area contributed by atoms with Gasteiger partial charge in [0.25, 0.3) is 5.91 Å². The third-order valence-electron chi connectivity index (χ3n) is 3.23. The number of pyridine rings is 1. The molecule has 0 saturated carbocycles. The van der Waals surface area contributed by atoms with Gasteiger partial charge in [-0.15, -0.1) is 0 Å². The average molecular weight is 265 g/mol. The van der Waals surface area contributed by atoms with Crippen LogP contribution in [0.2, 0.25) is 0 Å². The number of aliphatic hydroxyl groups excluding tert-OH is 1. The number of hydrogen-bond acceptors (Lipinski definition) is 6. The van der Waals surface area contributed by atoms with Gasteiger partial charge in [0, 0.05) is 44.5 Å². The number of carbonyl (C=O) groups excluding carboxylic acids is 1. The van der Waals surface area contributed by atoms with E-state index in [0.29, 0.717) is 31.0 Å². The number of nitrogen functional groups attached to an aromatic ring is 1. The highest BCUT2D eigenvalue weighted by Gasteiger charge is 2.21. The SMILES string of the molecule is NNc1cc(C(=O)N2CCN(CCO)CC2)ccn1. The topological polar surface area (TPSA) is 94.7 Å². The van der Waals surface area contributed by atoms with Crippen LogP contribution >= 0.6 is 0 Å². The standard InChI is InChI=1S/C12H19N5O2/c13-15-11-9-10(1-2-14-11)12(19)17-5-3-16(4-6-17)7-8-18/h1-2,9,18H,3-8,13H2,(H,14,15). The fourth-order valence-corrected chi connectivity index (χ4v) is 2.14. The Labute approximate surface area is 112 Å². The Kier molecular flexibility index (Phi) is 4.67. The zero-order valence-corrected chi connectivity index (χ0v) is 10.7. The van der Waals surface area contributed by atoms with Gasteiger partial charge in [-0.25, -0.2) is 10.8 Å². The van der Waals surface area contributed by atoms with E-state index >= 15 is 0 Å². The lowest BCUT2D eigenvalue weighted by molar-refractivity contribution is 0.0615. The van der Waals surface area contributed by atoms with Gasteiger partial charge in [-0.2, -0.15) is 0 Å². The summed E-state index contributed by atoms with van der Waals surface area (Å²) >= 11 is 0. The number of rotatable bonds is 4. The van der Waals surface area contributed by atoms with Crippen LogP contribution in [0.1, 0.15) is 10.4 Å². The molecule has 0 aliphatic carbocycles. The van der Waals surface area contributed by atoms with Crippen LogP contribution in [0.15, 0.2) is 18.3 Å². The van der Waals surface area contributed by atoms with E-state index in [-0.39, 0.29) is 12.5 Å². The van der Waals surface area contributed by atoms with E-state index < -0.39 is 0 Å². The molecule has 1 aliphatic rings. The second kappa shape index (κ2) is 6.46. The number of aliphatic hydroxyl groups is 1. The Morgan fingerprint density at radius 2 is 2.16 bits per heavy atom. The van der Waals surface area contributed by atoms with Crippen LogP contribution in [-0.4, -0.2) is 65.1 Å². The van der Waals surface area contributed by atoms with Crippen LogP contribution in [0, 0.1) is 0 Å². The number of nitrogens with zero attached hydrogens (tertiary/aromatic N) is 3. The summed E-state index contributed by atoms with van der Waals surface area (Å²) < 4.78 is 0. The van der Waals surface area contributed by atoms with E-state index in [0.717, 1.165) is 13.1 Å². The highest BCUT2D eigenvalue weighted by molar-refractivity contribution is 5.94. The van der Waals surface area contributed by atoms with Gasteiger partial charge in [0.2, 0.25) is 0 Å². The Bertz CT molecular complexity index is 432. The minimum Gasteiger partial charge on any atom is -0.395 e. The van der Waals surface area contributed by atoms with Gasteiger partial charge >= 0.3 is 0 Å². The fourth-order valence-electron chi connectivity index (χ4n) is 2.14. The number of hydrazine groups is 1. The quantitative estimate of drug-likeness (QED) is 0.483. The number of carbonyl (C=O) groups is 1. The van der Waals surface area contributed by atoms with E-state index in [9.17, 15) is 4.79 Å². The molecule has 0 aromatic carbocycles. The number of aromatic nitrogens is 1. The number of nitrogens with two attached hydrogens (primary N) is 1. The number of β-amino-alcohol motifs (C(OH)–C–C–N with tert-alkyl or cyclic N) is 1. The normalized spacial score (nSPS) is 16.4. The minimum atomic E-state index is -0.0115. The number of nitrogens with one attached hydrogen (secondary N) is 1. The van der Waals surface area contributed by atoms with Gasteiger partial charge in [0.05, 0.1) is 6.61 Å². The van der Waals surface area contributed by atoms with E-state index in [1.807, 2.05) is 4.90 Å². The number of anilines is 1. The summed E-state index contributed by atoms with van der Waals surface area (Å²) in [4.78, 5) is 20.2. The maximum Gasteiger partial charge on any atom is 0.254 e. The third kappa shape index (κ3) is 3.40. The van der Waals surface area contributed by atoms with Gasteiger partial charge in [-0.3, -0.25) is 9.69 Å². The second-order valence-corrected chi connectivity index (χ2v) is 4.43. The monoisotopic (exact) mass is 265 g/mol. The highest BCUT2D eigenvalue weighted by atomic mass is 16.3. The lowest BCUT2D eigenvalue weighted by atomic mass is 10.2. The summed E-state index contributed by atoms with van der Waals surface area (Å²) in [7, 11) is 0. The number of piperazine rings is 1. The van der Waals surface area contributed by atoms with E-state index in [1.54, 1.807) is 18.3 Å². The van der Waals surface area contributed by atoms with Crippen LogP contribution in [0.4, 0.5) is 5.82 Å². The molecule has 104 valence electrons. The lowest BCUT2D eigenvalue weighted by Crippen LogP contribution is -2.49. The van der Waals surface area contributed by atoms with Crippen molar-refractivity contribution in [2.45, 2.75) is 0 Å². The molecule has 7 heteroatoms. The molecular weight excluding hydrogens is 246 g/mol. The van der Waals surface area contributed by atoms with Crippen LogP contribution < -0.4 is 11.3 Å². The number of hydrogen-bond donors (Lipinski definition) is 3. The van der Waals surface area contributed by atoms with Crippen molar-refractivity contribution in [2.24, 2.45) is 5.84 Å². The molecule has 1 aromatic rings. The first kappa shape index (κ1) is 13.7. The molecule has 1 fully saturated rings. The van der Waals surface area contributed by atoms with Crippen molar-refractivity contribution >= 4 is 11.7 Å². The molecule has 0 spiro atoms. The summed E-state index contributed by atoms with van der Waals surface area (Å²) in [5.41, 5.74) is 3.01. The molecule has 1 amide bonds. The Morgan fingerprint density at radius 3 is 2.79 bits per heavy atom. The Morgan fingerprint density at radius 1 is 1.42 bits per heavy atom. The van der Waals surface area contributed by atoms with Crippen molar-refractivity contribution in [3.8, 4) is 0 Å². The largest absolute Gasteiger partial charge is 0.395 e. The van der Waals surface area contributed by atoms with Crippen molar-refractivity contribution in [1.29, 1.82) is 0 Å². The average Bonchev–Trinajstić information content (AvgIpc) is 2.48. The van der Waals surface area contributed by atoms with Crippen LogP contribution in [-0.2, 0) is 0 Å². The van der Waals surface area contributed by atoms with Gasteiger partial charge in [0.15, 0.2) is 0 Å². The summed E-state index contributed by atoms with van der Waals surface area (Å²) in [6.07, 6.45) is 1.56. The summed E-state index contributed by atoms with van der Waals surface area (Å²) in [6, 6.07) is 3.33. The molecule has 1 aromatic heterocycles. The first-order chi connectivity index (χ1) is 9.24. The fraction of sp³-hybridized carbons (Fsp3) is 0.500. The predicted molar refractivity (Wildman–Crippen MR) is 71.5 cm³/mol. The molecule has 2 rings (SSSR count). The maximum atomic E-state index is 12.3. The van der Waals surface area contributed by atoms with Gasteiger partial charge < -0.3 is 15.4 Å². The first-order valence-corrected chi connectivity index (χ1v) is 6.29. The molecule has 19 heavy (non-hydrogen) atoms. The minimum absolute atomic E-state index is 0.0115. The first-order valence-electron chi connectivity index (χ1n) is 6.29. The van der Waals surface area contributed by atoms with Crippen LogP contribution in [0.5, 0.6) is 0 Å². The van der Waals surface area contributed by atoms with Crippen molar-refractivity contribution in [3.05, 3.63) is 23.9 Å².